The molecule has 0 saturated heterocycles. The number of fused-ring (bicyclic) bond motifs is 3. The van der Waals surface area contributed by atoms with Crippen LogP contribution in [0.5, 0.6) is 17.2 Å². The van der Waals surface area contributed by atoms with E-state index >= 15 is 26.3 Å². The smallest absolute Gasteiger partial charge is 0.489 e. The average Bonchev–Trinajstić information content (AvgIpc) is 3.15. The van der Waals surface area contributed by atoms with Crippen molar-refractivity contribution in [1.29, 1.82) is 0 Å². The molecule has 6 aromatic carbocycles. The van der Waals surface area contributed by atoms with Gasteiger partial charge in [-0.2, -0.15) is 0 Å². The molecule has 0 amide bonds. The molecule has 6 rings (SSSR count). The predicted octanol–water partition coefficient (Wildman–Crippen LogP) is 11.1. The van der Waals surface area contributed by atoms with Crippen molar-refractivity contribution in [3.05, 3.63) is 121 Å². The number of benzene rings is 6. The first kappa shape index (κ1) is 39.0. The highest BCUT2D eigenvalue weighted by atomic mass is 19.2. The van der Waals surface area contributed by atoms with E-state index in [1.54, 1.807) is 0 Å². The van der Waals surface area contributed by atoms with Gasteiger partial charge in [0.2, 0.25) is 0 Å². The molecule has 22 heteroatoms. The molecule has 6 aromatic rings. The summed E-state index contributed by atoms with van der Waals surface area (Å²) in [6.07, 6.45) is 0. The van der Waals surface area contributed by atoms with Crippen molar-refractivity contribution in [3.63, 3.8) is 0 Å². The van der Waals surface area contributed by atoms with Crippen LogP contribution in [0, 0.1) is 125 Å². The zero-order valence-corrected chi connectivity index (χ0v) is 26.6. The van der Waals surface area contributed by atoms with E-state index in [1.165, 1.54) is 0 Å². The van der Waals surface area contributed by atoms with Gasteiger partial charge in [0.15, 0.2) is 105 Å². The number of hydrogen-bond acceptors (Lipinski definition) is 3. The maximum Gasteiger partial charge on any atom is 0.864 e. The van der Waals surface area contributed by atoms with Gasteiger partial charge in [-0.05, 0) is 20.8 Å². The Kier molecular flexibility index (Phi) is 9.40. The van der Waals surface area contributed by atoms with Gasteiger partial charge in [-0.15, -0.1) is 0 Å². The van der Waals surface area contributed by atoms with Crippen molar-refractivity contribution >= 4 is 39.6 Å². The normalized spacial score (nSPS) is 11.7. The topological polar surface area (TPSA) is 27.7 Å². The Morgan fingerprint density at radius 3 is 0.600 bits per heavy atom. The Hall–Kier alpha value is -5.70. The Morgan fingerprint density at radius 1 is 0.236 bits per heavy atom. The van der Waals surface area contributed by atoms with Gasteiger partial charge in [0, 0.05) is 16.7 Å². The summed E-state index contributed by atoms with van der Waals surface area (Å²) in [5.74, 6) is -51.2. The summed E-state index contributed by atoms with van der Waals surface area (Å²) in [5, 5.41) is -11.9. The quantitative estimate of drug-likeness (QED) is 0.0726. The molecule has 3 nitrogen and oxygen atoms in total. The van der Waals surface area contributed by atoms with Crippen LogP contribution in [0.15, 0.2) is 0 Å². The van der Waals surface area contributed by atoms with Crippen molar-refractivity contribution in [1.82, 2.24) is 0 Å². The predicted molar refractivity (Wildman–Crippen MR) is 153 cm³/mol. The molecule has 0 aliphatic carbocycles. The largest absolute Gasteiger partial charge is 0.864 e. The lowest BCUT2D eigenvalue weighted by atomic mass is 9.99. The molecule has 0 heterocycles. The maximum atomic E-state index is 15.2. The molecule has 0 unspecified atom stereocenters. The highest BCUT2D eigenvalue weighted by molar-refractivity contribution is 6.40. The third kappa shape index (κ3) is 5.41. The van der Waals surface area contributed by atoms with Crippen LogP contribution in [0.25, 0.3) is 32.3 Å². The van der Waals surface area contributed by atoms with Crippen LogP contribution in [-0.4, -0.2) is 7.32 Å². The summed E-state index contributed by atoms with van der Waals surface area (Å²) < 4.78 is 281. The van der Waals surface area contributed by atoms with Gasteiger partial charge in [-0.3, -0.25) is 0 Å². The van der Waals surface area contributed by atoms with E-state index in [0.29, 0.717) is 20.8 Å². The molecule has 0 radical (unpaired) electrons. The minimum Gasteiger partial charge on any atom is -0.489 e. The van der Waals surface area contributed by atoms with Crippen LogP contribution >= 0.6 is 0 Å². The standard InChI is InChI=1S/C33H9BF18O3/c1-4-13(35)16(38)7-10(22(44)28(50)25(47)19(7)41)31(4)53-34(54-32-5(2)14(36)17(39)8-11(32)23(45)29(51)26(48)20(8)42)55-33-6(3)15(37)18(40)9-12(33)24(46)30(52)27(49)21(9)43/h1-3H3. The van der Waals surface area contributed by atoms with E-state index in [0.717, 1.165) is 0 Å². The highest BCUT2D eigenvalue weighted by Crippen LogP contribution is 2.44. The maximum absolute atomic E-state index is 15.2. The summed E-state index contributed by atoms with van der Waals surface area (Å²) in [5.41, 5.74) is -4.16. The van der Waals surface area contributed by atoms with Crippen molar-refractivity contribution in [2.75, 3.05) is 0 Å². The molecule has 0 fully saturated rings. The molecule has 288 valence electrons. The third-order valence-corrected chi connectivity index (χ3v) is 8.37. The lowest BCUT2D eigenvalue weighted by Gasteiger charge is -2.24. The van der Waals surface area contributed by atoms with Gasteiger partial charge in [-0.1, -0.05) is 0 Å². The van der Waals surface area contributed by atoms with Crippen LogP contribution in [0.2, 0.25) is 0 Å². The van der Waals surface area contributed by atoms with Crippen molar-refractivity contribution in [2.45, 2.75) is 20.8 Å². The van der Waals surface area contributed by atoms with Gasteiger partial charge in [0.05, 0.1) is 32.3 Å². The molecule has 0 bridgehead atoms. The van der Waals surface area contributed by atoms with Crippen molar-refractivity contribution in [2.24, 2.45) is 0 Å². The van der Waals surface area contributed by atoms with Gasteiger partial charge in [-0.25, -0.2) is 79.0 Å². The fourth-order valence-corrected chi connectivity index (χ4v) is 5.64. The molecule has 0 aliphatic rings. The van der Waals surface area contributed by atoms with Gasteiger partial charge in [0.25, 0.3) is 0 Å². The van der Waals surface area contributed by atoms with Crippen molar-refractivity contribution < 1.29 is 93.0 Å². The Labute approximate surface area is 292 Å². The second-order valence-corrected chi connectivity index (χ2v) is 11.4. The first-order valence-electron chi connectivity index (χ1n) is 14.5. The van der Waals surface area contributed by atoms with Crippen molar-refractivity contribution in [3.8, 4) is 17.2 Å². The zero-order valence-electron chi connectivity index (χ0n) is 26.6. The molecule has 0 aromatic heterocycles. The highest BCUT2D eigenvalue weighted by Gasteiger charge is 2.41. The summed E-state index contributed by atoms with van der Waals surface area (Å²) in [6.45, 7) is 1.33. The van der Waals surface area contributed by atoms with Crippen LogP contribution < -0.4 is 14.0 Å². The number of hydrogen-bond donors (Lipinski definition) is 0. The summed E-state index contributed by atoms with van der Waals surface area (Å²) in [7, 11) is -3.48. The molecule has 0 spiro atoms. The van der Waals surface area contributed by atoms with Gasteiger partial charge >= 0.3 is 7.32 Å². The van der Waals surface area contributed by atoms with Crippen LogP contribution in [0.4, 0.5) is 79.0 Å². The monoisotopic (exact) mass is 806 g/mol. The second kappa shape index (κ2) is 13.3. The SMILES string of the molecule is Cc1c(F)c(F)c2c(F)c(F)c(F)c(F)c2c1OB(Oc1c(C)c(F)c(F)c2c(F)c(F)c(F)c(F)c12)Oc1c(C)c(F)c(F)c2c(F)c(F)c(F)c(F)c12. The van der Waals surface area contributed by atoms with Gasteiger partial charge in [0.1, 0.15) is 17.2 Å². The fraction of sp³-hybridized carbons (Fsp3) is 0.0909. The summed E-state index contributed by atoms with van der Waals surface area (Å²) in [4.78, 5) is 0. The van der Waals surface area contributed by atoms with E-state index in [9.17, 15) is 52.7 Å². The van der Waals surface area contributed by atoms with E-state index in [1.807, 2.05) is 0 Å². The van der Waals surface area contributed by atoms with Crippen LogP contribution in [0.3, 0.4) is 0 Å². The number of rotatable bonds is 6. The molecule has 0 aliphatic heterocycles. The van der Waals surface area contributed by atoms with Crippen LogP contribution in [0.1, 0.15) is 16.7 Å². The van der Waals surface area contributed by atoms with Crippen LogP contribution in [-0.2, 0) is 0 Å². The van der Waals surface area contributed by atoms with E-state index in [2.05, 4.69) is 0 Å². The average molecular weight is 806 g/mol. The molecule has 55 heavy (non-hydrogen) atoms. The minimum atomic E-state index is -3.48. The molecular weight excluding hydrogens is 797 g/mol. The fourth-order valence-electron chi connectivity index (χ4n) is 5.64. The Balaban J connectivity index is 1.74. The first-order chi connectivity index (χ1) is 25.6. The van der Waals surface area contributed by atoms with E-state index < -0.39 is 178 Å². The minimum absolute atomic E-state index is 0.444. The number of halogens is 18. The molecule has 0 N–H and O–H groups in total. The Bertz CT molecular complexity index is 2400. The Morgan fingerprint density at radius 2 is 0.400 bits per heavy atom. The molecular formula is C33H9BF18O3. The lowest BCUT2D eigenvalue weighted by molar-refractivity contribution is 0.303. The lowest BCUT2D eigenvalue weighted by Crippen LogP contribution is -2.38. The van der Waals surface area contributed by atoms with E-state index in [-0.39, 0.29) is 0 Å². The summed E-state index contributed by atoms with van der Waals surface area (Å²) in [6, 6.07) is 0. The second-order valence-electron chi connectivity index (χ2n) is 11.4. The molecule has 0 saturated carbocycles. The zero-order chi connectivity index (χ0) is 41.0. The third-order valence-electron chi connectivity index (χ3n) is 8.37. The molecule has 0 atom stereocenters. The summed E-state index contributed by atoms with van der Waals surface area (Å²) >= 11 is 0. The first-order valence-corrected chi connectivity index (χ1v) is 14.5. The van der Waals surface area contributed by atoms with E-state index in [4.69, 9.17) is 14.0 Å². The van der Waals surface area contributed by atoms with Gasteiger partial charge < -0.3 is 14.0 Å².